The molecule has 0 aromatic carbocycles. The summed E-state index contributed by atoms with van der Waals surface area (Å²) < 4.78 is 5.26. The van der Waals surface area contributed by atoms with Crippen LogP contribution >= 0.6 is 0 Å². The number of nitrogens with one attached hydrogen (secondary N) is 2. The first-order chi connectivity index (χ1) is 8.38. The highest BCUT2D eigenvalue weighted by atomic mass is 16.5. The molecule has 5 heteroatoms. The molecule has 1 aliphatic heterocycles. The summed E-state index contributed by atoms with van der Waals surface area (Å²) in [7, 11) is 0. The molecule has 0 spiro atoms. The Bertz CT molecular complexity index is 291. The fraction of sp³-hybridized carbons (Fsp3) is 0.846. The van der Waals surface area contributed by atoms with Gasteiger partial charge in [-0.25, -0.2) is 0 Å². The standard InChI is InChI=1S/C13H24N2O3/c1-13(2,3)9-11(16)14-6-7-15-12(17)10-5-4-8-18-10/h10H,4-9H2,1-3H3,(H,14,16)(H,15,17). The SMILES string of the molecule is CC(C)(C)CC(=O)NCCNC(=O)C1CCCO1. The number of hydrogen-bond acceptors (Lipinski definition) is 3. The number of carbonyl (C=O) groups is 2. The normalized spacial score (nSPS) is 19.6. The van der Waals surface area contributed by atoms with Gasteiger partial charge in [0.1, 0.15) is 6.10 Å². The van der Waals surface area contributed by atoms with Gasteiger partial charge in [-0.05, 0) is 18.3 Å². The van der Waals surface area contributed by atoms with Gasteiger partial charge in [-0.2, -0.15) is 0 Å². The predicted molar refractivity (Wildman–Crippen MR) is 69.1 cm³/mol. The van der Waals surface area contributed by atoms with Crippen molar-refractivity contribution in [1.82, 2.24) is 10.6 Å². The van der Waals surface area contributed by atoms with E-state index in [0.717, 1.165) is 12.8 Å². The van der Waals surface area contributed by atoms with Crippen molar-refractivity contribution in [2.75, 3.05) is 19.7 Å². The van der Waals surface area contributed by atoms with Gasteiger partial charge in [0.15, 0.2) is 0 Å². The van der Waals surface area contributed by atoms with Crippen LogP contribution in [-0.2, 0) is 14.3 Å². The Balaban J connectivity index is 2.07. The lowest BCUT2D eigenvalue weighted by atomic mass is 9.92. The summed E-state index contributed by atoms with van der Waals surface area (Å²) >= 11 is 0. The van der Waals surface area contributed by atoms with Crippen LogP contribution in [0.2, 0.25) is 0 Å². The van der Waals surface area contributed by atoms with E-state index in [-0.39, 0.29) is 23.3 Å². The Morgan fingerprint density at radius 3 is 2.44 bits per heavy atom. The molecule has 0 aromatic rings. The molecule has 1 unspecified atom stereocenters. The third kappa shape index (κ3) is 6.00. The molecular formula is C13H24N2O3. The van der Waals surface area contributed by atoms with Gasteiger partial charge in [-0.3, -0.25) is 9.59 Å². The Morgan fingerprint density at radius 1 is 1.22 bits per heavy atom. The van der Waals surface area contributed by atoms with Gasteiger partial charge in [0.05, 0.1) is 0 Å². The Kier molecular flexibility index (Phi) is 5.59. The van der Waals surface area contributed by atoms with Crippen LogP contribution in [0.4, 0.5) is 0 Å². The lowest BCUT2D eigenvalue weighted by Gasteiger charge is -2.17. The smallest absolute Gasteiger partial charge is 0.249 e. The predicted octanol–water partition coefficient (Wildman–Crippen LogP) is 0.834. The van der Waals surface area contributed by atoms with Crippen LogP contribution in [0.3, 0.4) is 0 Å². The molecule has 0 aromatic heterocycles. The van der Waals surface area contributed by atoms with Crippen LogP contribution < -0.4 is 10.6 Å². The average Bonchev–Trinajstić information content (AvgIpc) is 2.74. The first-order valence-electron chi connectivity index (χ1n) is 6.54. The highest BCUT2D eigenvalue weighted by Gasteiger charge is 2.22. The highest BCUT2D eigenvalue weighted by molar-refractivity contribution is 5.81. The lowest BCUT2D eigenvalue weighted by molar-refractivity contribution is -0.130. The highest BCUT2D eigenvalue weighted by Crippen LogP contribution is 2.17. The van der Waals surface area contributed by atoms with Gasteiger partial charge in [-0.15, -0.1) is 0 Å². The van der Waals surface area contributed by atoms with Crippen molar-refractivity contribution in [2.45, 2.75) is 46.1 Å². The van der Waals surface area contributed by atoms with E-state index < -0.39 is 0 Å². The summed E-state index contributed by atoms with van der Waals surface area (Å²) in [6.45, 7) is 7.64. The summed E-state index contributed by atoms with van der Waals surface area (Å²) in [4.78, 5) is 23.1. The molecule has 104 valence electrons. The van der Waals surface area contributed by atoms with Gasteiger partial charge in [0.2, 0.25) is 11.8 Å². The van der Waals surface area contributed by atoms with E-state index in [2.05, 4.69) is 10.6 Å². The molecule has 0 saturated carbocycles. The maximum atomic E-state index is 11.6. The molecule has 5 nitrogen and oxygen atoms in total. The van der Waals surface area contributed by atoms with Gasteiger partial charge in [0.25, 0.3) is 0 Å². The third-order valence-electron chi connectivity index (χ3n) is 2.66. The first-order valence-corrected chi connectivity index (χ1v) is 6.54. The van der Waals surface area contributed by atoms with E-state index in [9.17, 15) is 9.59 Å². The minimum absolute atomic E-state index is 0.00891. The van der Waals surface area contributed by atoms with Crippen molar-refractivity contribution >= 4 is 11.8 Å². The maximum absolute atomic E-state index is 11.6. The molecule has 1 heterocycles. The molecule has 2 amide bonds. The van der Waals surface area contributed by atoms with Crippen molar-refractivity contribution < 1.29 is 14.3 Å². The second-order valence-electron chi connectivity index (χ2n) is 5.88. The quantitative estimate of drug-likeness (QED) is 0.716. The Hall–Kier alpha value is -1.10. The first kappa shape index (κ1) is 15.0. The number of hydrogen-bond donors (Lipinski definition) is 2. The molecule has 1 rings (SSSR count). The second-order valence-corrected chi connectivity index (χ2v) is 5.88. The topological polar surface area (TPSA) is 67.4 Å². The number of ether oxygens (including phenoxy) is 1. The molecule has 0 radical (unpaired) electrons. The zero-order chi connectivity index (χ0) is 13.6. The van der Waals surface area contributed by atoms with E-state index in [4.69, 9.17) is 4.74 Å². The minimum atomic E-state index is -0.296. The number of rotatable bonds is 5. The molecule has 0 aliphatic carbocycles. The van der Waals surface area contributed by atoms with Crippen LogP contribution in [0.1, 0.15) is 40.0 Å². The van der Waals surface area contributed by atoms with Gasteiger partial charge < -0.3 is 15.4 Å². The number of carbonyl (C=O) groups excluding carboxylic acids is 2. The largest absolute Gasteiger partial charge is 0.368 e. The summed E-state index contributed by atoms with van der Waals surface area (Å²) in [5, 5.41) is 5.55. The van der Waals surface area contributed by atoms with E-state index in [1.807, 2.05) is 20.8 Å². The van der Waals surface area contributed by atoms with Crippen LogP contribution in [0.25, 0.3) is 0 Å². The molecular weight excluding hydrogens is 232 g/mol. The van der Waals surface area contributed by atoms with E-state index >= 15 is 0 Å². The van der Waals surface area contributed by atoms with Crippen LogP contribution in [0.5, 0.6) is 0 Å². The van der Waals surface area contributed by atoms with E-state index in [1.54, 1.807) is 0 Å². The van der Waals surface area contributed by atoms with Gasteiger partial charge in [-0.1, -0.05) is 20.8 Å². The number of amides is 2. The lowest BCUT2D eigenvalue weighted by Crippen LogP contribution is -2.40. The van der Waals surface area contributed by atoms with E-state index in [1.165, 1.54) is 0 Å². The van der Waals surface area contributed by atoms with Crippen LogP contribution in [-0.4, -0.2) is 37.6 Å². The summed E-state index contributed by atoms with van der Waals surface area (Å²) in [6, 6.07) is 0. The fourth-order valence-corrected chi connectivity index (χ4v) is 1.83. The van der Waals surface area contributed by atoms with Gasteiger partial charge >= 0.3 is 0 Å². The van der Waals surface area contributed by atoms with Gasteiger partial charge in [0, 0.05) is 26.1 Å². The van der Waals surface area contributed by atoms with E-state index in [0.29, 0.717) is 26.1 Å². The monoisotopic (exact) mass is 256 g/mol. The molecule has 18 heavy (non-hydrogen) atoms. The Labute approximate surface area is 109 Å². The van der Waals surface area contributed by atoms with Crippen LogP contribution in [0, 0.1) is 5.41 Å². The van der Waals surface area contributed by atoms with Crippen LogP contribution in [0.15, 0.2) is 0 Å². The zero-order valence-corrected chi connectivity index (χ0v) is 11.5. The molecule has 1 atom stereocenters. The van der Waals surface area contributed by atoms with Crippen molar-refractivity contribution in [3.8, 4) is 0 Å². The maximum Gasteiger partial charge on any atom is 0.249 e. The minimum Gasteiger partial charge on any atom is -0.368 e. The second kappa shape index (κ2) is 6.73. The van der Waals surface area contributed by atoms with Crippen molar-refractivity contribution in [2.24, 2.45) is 5.41 Å². The third-order valence-corrected chi connectivity index (χ3v) is 2.66. The molecule has 1 fully saturated rings. The molecule has 2 N–H and O–H groups in total. The van der Waals surface area contributed by atoms with Crippen molar-refractivity contribution in [3.63, 3.8) is 0 Å². The summed E-state index contributed by atoms with van der Waals surface area (Å²) in [6.07, 6.45) is 1.94. The molecule has 1 saturated heterocycles. The summed E-state index contributed by atoms with van der Waals surface area (Å²) in [5.41, 5.74) is -0.00891. The average molecular weight is 256 g/mol. The Morgan fingerprint density at radius 2 is 1.89 bits per heavy atom. The summed E-state index contributed by atoms with van der Waals surface area (Å²) in [5.74, 6) is -0.0496. The molecule has 1 aliphatic rings. The fourth-order valence-electron chi connectivity index (χ4n) is 1.83. The zero-order valence-electron chi connectivity index (χ0n) is 11.5. The van der Waals surface area contributed by atoms with Crippen molar-refractivity contribution in [3.05, 3.63) is 0 Å². The van der Waals surface area contributed by atoms with Crippen molar-refractivity contribution in [1.29, 1.82) is 0 Å². The molecule has 0 bridgehead atoms.